The van der Waals surface area contributed by atoms with Crippen LogP contribution < -0.4 is 4.90 Å². The predicted octanol–water partition coefficient (Wildman–Crippen LogP) is 2.41. The van der Waals surface area contributed by atoms with Crippen molar-refractivity contribution in [3.63, 3.8) is 0 Å². The van der Waals surface area contributed by atoms with E-state index in [0.717, 1.165) is 23.4 Å². The molecule has 0 radical (unpaired) electrons. The Kier molecular flexibility index (Phi) is 3.50. The Bertz CT molecular complexity index is 554. The van der Waals surface area contributed by atoms with Gasteiger partial charge in [-0.2, -0.15) is 5.10 Å². The summed E-state index contributed by atoms with van der Waals surface area (Å²) in [5.41, 5.74) is 1.22. The molecule has 19 heavy (non-hydrogen) atoms. The third-order valence-corrected chi connectivity index (χ3v) is 4.40. The van der Waals surface area contributed by atoms with Crippen molar-refractivity contribution in [2.24, 2.45) is 0 Å². The summed E-state index contributed by atoms with van der Waals surface area (Å²) in [4.78, 5) is 10.9. The number of rotatable bonds is 3. The number of halogens is 1. The van der Waals surface area contributed by atoms with Crippen LogP contribution in [0.3, 0.4) is 0 Å². The van der Waals surface area contributed by atoms with Gasteiger partial charge in [0.1, 0.15) is 18.5 Å². The van der Waals surface area contributed by atoms with Crippen molar-refractivity contribution in [1.29, 1.82) is 0 Å². The zero-order chi connectivity index (χ0) is 13.2. The molecule has 0 bridgehead atoms. The lowest BCUT2D eigenvalue weighted by molar-refractivity contribution is 0.506. The van der Waals surface area contributed by atoms with Crippen LogP contribution in [0.25, 0.3) is 0 Å². The first kappa shape index (κ1) is 12.6. The van der Waals surface area contributed by atoms with Gasteiger partial charge in [-0.05, 0) is 47.3 Å². The van der Waals surface area contributed by atoms with Gasteiger partial charge in [-0.1, -0.05) is 0 Å². The van der Waals surface area contributed by atoms with Crippen molar-refractivity contribution >= 4 is 21.7 Å². The van der Waals surface area contributed by atoms with Gasteiger partial charge in [0.05, 0.1) is 12.6 Å². The molecule has 1 unspecified atom stereocenters. The molecule has 3 rings (SSSR count). The molecule has 100 valence electrons. The number of anilines is 1. The molecule has 6 heteroatoms. The number of pyridine rings is 1. The third kappa shape index (κ3) is 2.63. The van der Waals surface area contributed by atoms with Gasteiger partial charge in [-0.3, -0.25) is 4.68 Å². The molecule has 3 heterocycles. The van der Waals surface area contributed by atoms with Crippen molar-refractivity contribution in [3.8, 4) is 0 Å². The fraction of sp³-hybridized carbons (Fsp3) is 0.462. The van der Waals surface area contributed by atoms with E-state index in [1.165, 1.54) is 18.4 Å². The van der Waals surface area contributed by atoms with E-state index in [-0.39, 0.29) is 0 Å². The highest BCUT2D eigenvalue weighted by atomic mass is 79.9. The molecule has 1 saturated heterocycles. The van der Waals surface area contributed by atoms with E-state index >= 15 is 0 Å². The molecule has 5 nitrogen and oxygen atoms in total. The normalized spacial score (nSPS) is 19.1. The average molecular weight is 322 g/mol. The van der Waals surface area contributed by atoms with E-state index in [2.05, 4.69) is 48.9 Å². The highest BCUT2D eigenvalue weighted by Gasteiger charge is 2.26. The molecule has 0 amide bonds. The lowest BCUT2D eigenvalue weighted by Gasteiger charge is -2.26. The number of aryl methyl sites for hydroxylation is 1. The number of nitrogens with zero attached hydrogens (tertiary/aromatic N) is 5. The molecule has 2 aromatic heterocycles. The van der Waals surface area contributed by atoms with E-state index < -0.39 is 0 Å². The maximum atomic E-state index is 4.53. The molecule has 0 saturated carbocycles. The van der Waals surface area contributed by atoms with Crippen LogP contribution in [0.5, 0.6) is 0 Å². The number of hydrogen-bond acceptors (Lipinski definition) is 4. The van der Waals surface area contributed by atoms with Gasteiger partial charge in [0.25, 0.3) is 0 Å². The molecule has 0 aromatic carbocycles. The van der Waals surface area contributed by atoms with Gasteiger partial charge in [-0.15, -0.1) is 0 Å². The molecule has 1 fully saturated rings. The Morgan fingerprint density at radius 1 is 1.47 bits per heavy atom. The smallest absolute Gasteiger partial charge is 0.137 e. The topological polar surface area (TPSA) is 46.8 Å². The second-order valence-electron chi connectivity index (χ2n) is 4.90. The standard InChI is InChI=1S/C13H16BrN5/c1-10-5-13(16-6-12(10)14)19-4-2-3-11(19)7-18-9-15-8-17-18/h5-6,8-9,11H,2-4,7H2,1H3. The quantitative estimate of drug-likeness (QED) is 0.871. The molecule has 1 atom stereocenters. The fourth-order valence-corrected chi connectivity index (χ4v) is 2.77. The van der Waals surface area contributed by atoms with E-state index in [1.807, 2.05) is 10.9 Å². The minimum atomic E-state index is 0.453. The molecular weight excluding hydrogens is 306 g/mol. The number of aromatic nitrogens is 4. The van der Waals surface area contributed by atoms with Gasteiger partial charge >= 0.3 is 0 Å². The lowest BCUT2D eigenvalue weighted by atomic mass is 10.2. The highest BCUT2D eigenvalue weighted by Crippen LogP contribution is 2.27. The predicted molar refractivity (Wildman–Crippen MR) is 77.1 cm³/mol. The summed E-state index contributed by atoms with van der Waals surface area (Å²) >= 11 is 3.50. The van der Waals surface area contributed by atoms with Gasteiger partial charge < -0.3 is 4.90 Å². The zero-order valence-electron chi connectivity index (χ0n) is 10.8. The van der Waals surface area contributed by atoms with E-state index in [1.54, 1.807) is 12.7 Å². The Labute approximate surface area is 120 Å². The second-order valence-corrected chi connectivity index (χ2v) is 5.75. The summed E-state index contributed by atoms with van der Waals surface area (Å²) in [5.74, 6) is 1.06. The number of hydrogen-bond donors (Lipinski definition) is 0. The van der Waals surface area contributed by atoms with Crippen molar-refractivity contribution < 1.29 is 0 Å². The monoisotopic (exact) mass is 321 g/mol. The van der Waals surface area contributed by atoms with Crippen molar-refractivity contribution in [2.45, 2.75) is 32.4 Å². The molecular formula is C13H16BrN5. The third-order valence-electron chi connectivity index (χ3n) is 3.57. The van der Waals surface area contributed by atoms with Crippen LogP contribution in [0.15, 0.2) is 29.4 Å². The van der Waals surface area contributed by atoms with Gasteiger partial charge in [0.15, 0.2) is 0 Å². The fourth-order valence-electron chi connectivity index (χ4n) is 2.55. The first-order valence-electron chi connectivity index (χ1n) is 6.45. The SMILES string of the molecule is Cc1cc(N2CCCC2Cn2cncn2)ncc1Br. The minimum Gasteiger partial charge on any atom is -0.352 e. The van der Waals surface area contributed by atoms with Gasteiger partial charge in [-0.25, -0.2) is 9.97 Å². The molecule has 1 aliphatic rings. The molecule has 0 aliphatic carbocycles. The van der Waals surface area contributed by atoms with Crippen LogP contribution in [0.2, 0.25) is 0 Å². The molecule has 1 aliphatic heterocycles. The van der Waals surface area contributed by atoms with Crippen molar-refractivity contribution in [2.75, 3.05) is 11.4 Å². The zero-order valence-corrected chi connectivity index (χ0v) is 12.4. The second kappa shape index (κ2) is 5.28. The van der Waals surface area contributed by atoms with E-state index in [4.69, 9.17) is 0 Å². The first-order valence-corrected chi connectivity index (χ1v) is 7.24. The highest BCUT2D eigenvalue weighted by molar-refractivity contribution is 9.10. The van der Waals surface area contributed by atoms with Crippen LogP contribution in [0.4, 0.5) is 5.82 Å². The summed E-state index contributed by atoms with van der Waals surface area (Å²) < 4.78 is 2.96. The molecule has 0 N–H and O–H groups in total. The first-order chi connectivity index (χ1) is 9.24. The van der Waals surface area contributed by atoms with E-state index in [0.29, 0.717) is 6.04 Å². The van der Waals surface area contributed by atoms with Crippen molar-refractivity contribution in [1.82, 2.24) is 19.7 Å². The molecule has 0 spiro atoms. The van der Waals surface area contributed by atoms with Crippen LogP contribution >= 0.6 is 15.9 Å². The Hall–Kier alpha value is -1.43. The van der Waals surface area contributed by atoms with Crippen molar-refractivity contribution in [3.05, 3.63) is 35.0 Å². The molecule has 2 aromatic rings. The van der Waals surface area contributed by atoms with Crippen LogP contribution in [0.1, 0.15) is 18.4 Å². The largest absolute Gasteiger partial charge is 0.352 e. The van der Waals surface area contributed by atoms with E-state index in [9.17, 15) is 0 Å². The summed E-state index contributed by atoms with van der Waals surface area (Å²) in [6.45, 7) is 4.03. The van der Waals surface area contributed by atoms with Crippen LogP contribution in [-0.2, 0) is 6.54 Å². The maximum absolute atomic E-state index is 4.53. The average Bonchev–Trinajstić information content (AvgIpc) is 3.05. The lowest BCUT2D eigenvalue weighted by Crippen LogP contribution is -2.33. The Morgan fingerprint density at radius 2 is 2.37 bits per heavy atom. The summed E-state index contributed by atoms with van der Waals surface area (Å²) in [5, 5.41) is 4.19. The summed E-state index contributed by atoms with van der Waals surface area (Å²) in [6.07, 6.45) is 7.63. The maximum Gasteiger partial charge on any atom is 0.137 e. The van der Waals surface area contributed by atoms with Gasteiger partial charge in [0.2, 0.25) is 0 Å². The minimum absolute atomic E-state index is 0.453. The summed E-state index contributed by atoms with van der Waals surface area (Å²) in [6, 6.07) is 2.60. The Balaban J connectivity index is 1.80. The van der Waals surface area contributed by atoms with Crippen LogP contribution in [0, 0.1) is 6.92 Å². The van der Waals surface area contributed by atoms with Crippen LogP contribution in [-0.4, -0.2) is 32.3 Å². The van der Waals surface area contributed by atoms with Gasteiger partial charge in [0, 0.05) is 17.2 Å². The summed E-state index contributed by atoms with van der Waals surface area (Å²) in [7, 11) is 0. The Morgan fingerprint density at radius 3 is 3.11 bits per heavy atom.